The number of imide groups is 1. The van der Waals surface area contributed by atoms with E-state index in [2.05, 4.69) is 16.0 Å². The molecule has 0 bridgehead atoms. The predicted molar refractivity (Wildman–Crippen MR) is 301 cm³/mol. The molecule has 4 aromatic carbocycles. The van der Waals surface area contributed by atoms with Crippen LogP contribution < -0.4 is 39.6 Å². The molecule has 80 heavy (non-hydrogen) atoms. The van der Waals surface area contributed by atoms with Crippen molar-refractivity contribution < 1.29 is 57.2 Å². The summed E-state index contributed by atoms with van der Waals surface area (Å²) in [7, 11) is 4.67. The van der Waals surface area contributed by atoms with Crippen molar-refractivity contribution in [2.45, 2.75) is 83.8 Å². The molecule has 0 saturated heterocycles. The number of ether oxygens (including phenoxy) is 5. The summed E-state index contributed by atoms with van der Waals surface area (Å²) < 4.78 is 29.0. The number of benzene rings is 4. The minimum Gasteiger partial charge on any atom is -0.497 e. The number of unbranched alkanes of at least 4 members (excludes halogenated alkanes) is 2. The zero-order valence-corrected chi connectivity index (χ0v) is 45.6. The second-order valence-corrected chi connectivity index (χ2v) is 20.5. The maximum atomic E-state index is 14.1. The Balaban J connectivity index is 0.739. The van der Waals surface area contributed by atoms with Gasteiger partial charge in [-0.15, -0.1) is 0 Å². The lowest BCUT2D eigenvalue weighted by Gasteiger charge is -2.24. The van der Waals surface area contributed by atoms with Crippen LogP contribution in [0, 0.1) is 17.8 Å². The molecule has 0 fully saturated rings. The number of fused-ring (bicyclic) bond motifs is 4. The normalized spacial score (nSPS) is 18.5. The molecule has 9 rings (SSSR count). The molecule has 0 spiro atoms. The number of Topliss-reactive ketones (excluding diaryl/α,β-unsaturated/α-hetero) is 1. The Morgan fingerprint density at radius 2 is 1.29 bits per heavy atom. The van der Waals surface area contributed by atoms with Crippen LogP contribution in [-0.4, -0.2) is 123 Å². The van der Waals surface area contributed by atoms with Crippen LogP contribution in [-0.2, 0) is 24.0 Å². The van der Waals surface area contributed by atoms with Crippen LogP contribution in [0.15, 0.2) is 107 Å². The summed E-state index contributed by atoms with van der Waals surface area (Å²) in [6.45, 7) is 5.96. The number of hydrogen-bond donors (Lipinski definition) is 3. The first kappa shape index (κ1) is 55.9. The van der Waals surface area contributed by atoms with Gasteiger partial charge in [-0.05, 0) is 90.8 Å². The molecule has 4 heterocycles. The van der Waals surface area contributed by atoms with Crippen LogP contribution in [0.3, 0.4) is 0 Å². The summed E-state index contributed by atoms with van der Waals surface area (Å²) in [5, 5.41) is 8.34. The Kier molecular flexibility index (Phi) is 17.4. The Hall–Kier alpha value is -8.87. The predicted octanol–water partition coefficient (Wildman–Crippen LogP) is 8.22. The van der Waals surface area contributed by atoms with Crippen molar-refractivity contribution >= 4 is 81.9 Å². The first-order chi connectivity index (χ1) is 38.6. The third-order valence-electron chi connectivity index (χ3n) is 14.8. The number of carbonyl (C=O) groups is 7. The zero-order chi connectivity index (χ0) is 56.6. The zero-order valence-electron chi connectivity index (χ0n) is 45.6. The number of hydrogen-bond acceptors (Lipinski definition) is 14. The molecule has 1 aliphatic carbocycles. The third kappa shape index (κ3) is 12.5. The monoisotopic (exact) mass is 1090 g/mol. The van der Waals surface area contributed by atoms with Crippen molar-refractivity contribution in [1.29, 1.82) is 0 Å². The van der Waals surface area contributed by atoms with Gasteiger partial charge in [-0.2, -0.15) is 0 Å². The van der Waals surface area contributed by atoms with Crippen LogP contribution in [0.5, 0.6) is 28.7 Å². The summed E-state index contributed by atoms with van der Waals surface area (Å²) in [6.07, 6.45) is 13.5. The van der Waals surface area contributed by atoms with E-state index < -0.39 is 23.9 Å². The molecule has 19 heteroatoms. The average Bonchev–Trinajstić information content (AvgIpc) is 4.15. The minimum atomic E-state index is -0.925. The smallest absolute Gasteiger partial charge is 0.260 e. The van der Waals surface area contributed by atoms with Gasteiger partial charge in [0.15, 0.2) is 28.8 Å². The highest BCUT2D eigenvalue weighted by molar-refractivity contribution is 6.13. The summed E-state index contributed by atoms with van der Waals surface area (Å²) in [6, 6.07) is 19.7. The van der Waals surface area contributed by atoms with Gasteiger partial charge in [-0.1, -0.05) is 50.6 Å². The van der Waals surface area contributed by atoms with Gasteiger partial charge >= 0.3 is 0 Å². The fourth-order valence-corrected chi connectivity index (χ4v) is 10.3. The number of nitrogens with one attached hydrogen (secondary N) is 3. The topological polar surface area (TPSA) is 233 Å². The molecule has 0 radical (unpaired) electrons. The van der Waals surface area contributed by atoms with Gasteiger partial charge in [0.05, 0.1) is 57.5 Å². The van der Waals surface area contributed by atoms with E-state index in [4.69, 9.17) is 33.7 Å². The molecule has 5 aliphatic rings. The van der Waals surface area contributed by atoms with Crippen molar-refractivity contribution in [2.75, 3.05) is 46.4 Å². The first-order valence-electron chi connectivity index (χ1n) is 26.9. The molecule has 4 aliphatic heterocycles. The van der Waals surface area contributed by atoms with E-state index in [1.165, 1.54) is 26.4 Å². The molecule has 19 nitrogen and oxygen atoms in total. The van der Waals surface area contributed by atoms with Crippen molar-refractivity contribution in [2.24, 2.45) is 27.7 Å². The summed E-state index contributed by atoms with van der Waals surface area (Å²) in [5.41, 5.74) is 6.18. The number of nitrogens with zero attached hydrogens (tertiary/aromatic N) is 4. The number of allylic oxidation sites excluding steroid dienone is 2. The highest BCUT2D eigenvalue weighted by atomic mass is 16.5. The lowest BCUT2D eigenvalue weighted by molar-refractivity contribution is -0.137. The highest BCUT2D eigenvalue weighted by Crippen LogP contribution is 2.45. The quantitative estimate of drug-likeness (QED) is 0.0471. The number of rotatable bonds is 23. The molecule has 4 aromatic rings. The summed E-state index contributed by atoms with van der Waals surface area (Å²) in [4.78, 5) is 103. The van der Waals surface area contributed by atoms with E-state index in [9.17, 15) is 33.6 Å². The maximum Gasteiger partial charge on any atom is 0.260 e. The number of anilines is 1. The van der Waals surface area contributed by atoms with Gasteiger partial charge < -0.3 is 44.5 Å². The van der Waals surface area contributed by atoms with Gasteiger partial charge in [0.2, 0.25) is 17.7 Å². The van der Waals surface area contributed by atoms with Crippen molar-refractivity contribution in [3.63, 3.8) is 0 Å². The van der Waals surface area contributed by atoms with Gasteiger partial charge in [0.1, 0.15) is 17.8 Å². The van der Waals surface area contributed by atoms with Crippen LogP contribution in [0.25, 0.3) is 11.1 Å². The van der Waals surface area contributed by atoms with Crippen molar-refractivity contribution in [1.82, 2.24) is 20.4 Å². The molecule has 3 N–H and O–H groups in total. The fraction of sp³-hybridized carbons (Fsp3) is 0.361. The molecule has 0 aromatic heterocycles. The number of amides is 6. The fourth-order valence-electron chi connectivity index (χ4n) is 10.3. The maximum absolute atomic E-state index is 14.1. The Bertz CT molecular complexity index is 3220. The number of aliphatic imine (C=N–C) groups is 2. The second kappa shape index (κ2) is 24.9. The third-order valence-corrected chi connectivity index (χ3v) is 14.8. The Labute approximate surface area is 464 Å². The van der Waals surface area contributed by atoms with Crippen molar-refractivity contribution in [3.8, 4) is 28.7 Å². The highest BCUT2D eigenvalue weighted by Gasteiger charge is 2.37. The molecule has 0 saturated carbocycles. The van der Waals surface area contributed by atoms with Crippen LogP contribution >= 0.6 is 0 Å². The number of methoxy groups -OCH3 is 3. The minimum absolute atomic E-state index is 0.0184. The Morgan fingerprint density at radius 3 is 1.94 bits per heavy atom. The first-order valence-corrected chi connectivity index (χ1v) is 26.9. The van der Waals surface area contributed by atoms with Crippen LogP contribution in [0.1, 0.15) is 97.6 Å². The van der Waals surface area contributed by atoms with Gasteiger partial charge in [0, 0.05) is 91.8 Å². The lowest BCUT2D eigenvalue weighted by atomic mass is 9.89. The molecule has 5 atom stereocenters. The molecule has 6 amide bonds. The van der Waals surface area contributed by atoms with Gasteiger partial charge in [0.25, 0.3) is 17.7 Å². The van der Waals surface area contributed by atoms with E-state index in [-0.39, 0.29) is 79.4 Å². The number of ketones is 1. The summed E-state index contributed by atoms with van der Waals surface area (Å²) >= 11 is 0. The van der Waals surface area contributed by atoms with E-state index in [1.807, 2.05) is 54.9 Å². The molecular weight excluding hydrogens is 1020 g/mol. The Morgan fingerprint density at radius 1 is 0.662 bits per heavy atom. The average molecular weight is 1090 g/mol. The largest absolute Gasteiger partial charge is 0.497 e. The number of carbonyl (C=O) groups excluding carboxylic acids is 7. The van der Waals surface area contributed by atoms with E-state index >= 15 is 0 Å². The SMILES string of the molecule is COc1ccc(C2=CC3C(=O)c4cc(OC)c(OCCCOc5cc6c(cc5OC)C(=O)N5C=C(c7ccc(NC(=O)[C@H](C)NC(=O)[C@@H](NC(=O)CCCCCN8C(=O)C=CC8=O)C(C)C)cc7)C[C@H]5C=N6)cc4N=C[C@@H]3C2)cc1. The van der Waals surface area contributed by atoms with Gasteiger partial charge in [-0.3, -0.25) is 48.4 Å². The molecule has 1 unspecified atom stereocenters. The van der Waals surface area contributed by atoms with Gasteiger partial charge in [-0.25, -0.2) is 0 Å². The van der Waals surface area contributed by atoms with E-state index in [0.29, 0.717) is 89.7 Å². The molecular formula is C61H65N7O12. The van der Waals surface area contributed by atoms with Crippen LogP contribution in [0.4, 0.5) is 17.1 Å². The molecule has 416 valence electrons. The van der Waals surface area contributed by atoms with E-state index in [1.54, 1.807) is 75.4 Å². The standard InChI is InChI=1S/C61H65N7O12/c1-35(2)57(66-54(69)11-8-7-9-22-67-55(70)20-21-56(67)71)60(74)64-36(3)59(73)65-42-16-12-38(13-17-42)41-26-43-33-63-49-31-53(51(78-6)29-47(49)61(75)68(43)34-41)80-24-10-23-79-52-30-48-46(28-50(52)77-5)58(72)45-27-39(25-40(45)32-62-48)37-14-18-44(76-4)19-15-37/h12-21,27-36,40,43,45,57H,7-11,22-26H2,1-6H3,(H,64,74)(H,65,73)(H,66,69)/t36-,40-,43-,45?,57-/m0/s1. The summed E-state index contributed by atoms with van der Waals surface area (Å²) in [5.74, 6) is -0.444. The van der Waals surface area contributed by atoms with Crippen molar-refractivity contribution in [3.05, 3.63) is 119 Å². The van der Waals surface area contributed by atoms with E-state index in [0.717, 1.165) is 32.9 Å². The lowest BCUT2D eigenvalue weighted by Crippen LogP contribution is -2.53. The second-order valence-electron chi connectivity index (χ2n) is 20.5. The van der Waals surface area contributed by atoms with Crippen LogP contribution in [0.2, 0.25) is 0 Å².